The fraction of sp³-hybridized carbons (Fsp3) is 0.778. The average Bonchev–Trinajstić information content (AvgIpc) is 2.39. The van der Waals surface area contributed by atoms with Crippen molar-refractivity contribution in [3.63, 3.8) is 0 Å². The first-order valence-corrected chi connectivity index (χ1v) is 8.62. The first-order valence-electron chi connectivity index (χ1n) is 8.62. The van der Waals surface area contributed by atoms with Crippen molar-refractivity contribution in [3.05, 3.63) is 11.6 Å². The lowest BCUT2D eigenvalue weighted by atomic mass is 9.93. The normalized spacial score (nSPS) is 15.4. The van der Waals surface area contributed by atoms with Gasteiger partial charge >= 0.3 is 18.2 Å². The van der Waals surface area contributed by atoms with E-state index < -0.39 is 41.4 Å². The van der Waals surface area contributed by atoms with Gasteiger partial charge in [-0.2, -0.15) is 13.2 Å². The second-order valence-electron chi connectivity index (χ2n) is 7.48. The summed E-state index contributed by atoms with van der Waals surface area (Å²) in [5.74, 6) is -1.77. The molecule has 152 valence electrons. The minimum atomic E-state index is -4.71. The second kappa shape index (κ2) is 9.83. The predicted octanol–water partition coefficient (Wildman–Crippen LogP) is 4.61. The molecule has 0 aliphatic heterocycles. The monoisotopic (exact) mass is 381 g/mol. The third-order valence-electron chi connectivity index (χ3n) is 3.22. The third-order valence-corrected chi connectivity index (χ3v) is 3.22. The summed E-state index contributed by atoms with van der Waals surface area (Å²) in [5.41, 5.74) is -1.85. The Balaban J connectivity index is 5.58. The summed E-state index contributed by atoms with van der Waals surface area (Å²) >= 11 is 0. The van der Waals surface area contributed by atoms with Crippen molar-refractivity contribution in [2.24, 2.45) is 11.8 Å². The number of alkyl carbamates (subject to hydrolysis) is 1. The molecule has 8 heteroatoms. The van der Waals surface area contributed by atoms with Crippen molar-refractivity contribution in [2.45, 2.75) is 72.7 Å². The fourth-order valence-electron chi connectivity index (χ4n) is 2.25. The number of amides is 1. The van der Waals surface area contributed by atoms with Gasteiger partial charge in [0.25, 0.3) is 0 Å². The van der Waals surface area contributed by atoms with Crippen LogP contribution in [0.2, 0.25) is 0 Å². The Labute approximate surface area is 153 Å². The van der Waals surface area contributed by atoms with E-state index in [4.69, 9.17) is 9.47 Å². The predicted molar refractivity (Wildman–Crippen MR) is 92.5 cm³/mol. The molecule has 26 heavy (non-hydrogen) atoms. The molecule has 0 rings (SSSR count). The van der Waals surface area contributed by atoms with Crippen molar-refractivity contribution in [1.82, 2.24) is 5.32 Å². The Bertz CT molecular complexity index is 508. The molecule has 1 N–H and O–H groups in total. The lowest BCUT2D eigenvalue weighted by molar-refractivity contribution is -0.146. The average molecular weight is 381 g/mol. The van der Waals surface area contributed by atoms with Crippen LogP contribution >= 0.6 is 0 Å². The summed E-state index contributed by atoms with van der Waals surface area (Å²) in [6.45, 7) is 11.3. The maximum Gasteiger partial charge on any atom is 0.414 e. The van der Waals surface area contributed by atoms with Gasteiger partial charge in [0.1, 0.15) is 5.60 Å². The van der Waals surface area contributed by atoms with Crippen LogP contribution in [0.4, 0.5) is 18.0 Å². The Morgan fingerprint density at radius 2 is 1.65 bits per heavy atom. The molecule has 2 atom stereocenters. The van der Waals surface area contributed by atoms with E-state index in [0.29, 0.717) is 0 Å². The molecule has 0 heterocycles. The van der Waals surface area contributed by atoms with Gasteiger partial charge in [-0.05, 0) is 47.0 Å². The van der Waals surface area contributed by atoms with Gasteiger partial charge in [-0.25, -0.2) is 4.79 Å². The lowest BCUT2D eigenvalue weighted by Gasteiger charge is -2.25. The van der Waals surface area contributed by atoms with Crippen LogP contribution in [0.3, 0.4) is 0 Å². The highest BCUT2D eigenvalue weighted by atomic mass is 19.4. The zero-order valence-corrected chi connectivity index (χ0v) is 16.5. The number of carbonyl (C=O) groups is 2. The minimum absolute atomic E-state index is 0.00994. The molecule has 5 nitrogen and oxygen atoms in total. The van der Waals surface area contributed by atoms with Gasteiger partial charge in [-0.1, -0.05) is 19.9 Å². The van der Waals surface area contributed by atoms with Crippen LogP contribution in [0.25, 0.3) is 0 Å². The first kappa shape index (κ1) is 24.3. The molecule has 0 radical (unpaired) electrons. The van der Waals surface area contributed by atoms with E-state index in [1.165, 1.54) is 6.92 Å². The van der Waals surface area contributed by atoms with Gasteiger partial charge in [0.15, 0.2) is 0 Å². The molecule has 0 bridgehead atoms. The Hall–Kier alpha value is -1.73. The third kappa shape index (κ3) is 9.68. The summed E-state index contributed by atoms with van der Waals surface area (Å²) in [5, 5.41) is 2.17. The van der Waals surface area contributed by atoms with Gasteiger partial charge in [0.05, 0.1) is 24.1 Å². The van der Waals surface area contributed by atoms with Gasteiger partial charge in [-0.15, -0.1) is 0 Å². The number of ether oxygens (including phenoxy) is 2. The topological polar surface area (TPSA) is 64.6 Å². The number of rotatable bonds is 7. The standard InChI is InChI=1S/C18H30F3NO4/c1-8-25-15(23)13(9-11(2)3)10-14(18(19,20)21)12(4)22-16(24)26-17(5,6)7/h10-13H,8-9H2,1-7H3,(H,22,24)/b14-10-/t12-,13-/m0/s1. The first-order chi connectivity index (χ1) is 11.7. The summed E-state index contributed by atoms with van der Waals surface area (Å²) < 4.78 is 50.4. The fourth-order valence-corrected chi connectivity index (χ4v) is 2.25. The zero-order chi connectivity index (χ0) is 20.7. The van der Waals surface area contributed by atoms with Crippen molar-refractivity contribution in [2.75, 3.05) is 6.61 Å². The number of hydrogen-bond donors (Lipinski definition) is 1. The van der Waals surface area contributed by atoms with E-state index in [-0.39, 0.29) is 18.9 Å². The molecule has 0 saturated heterocycles. The highest BCUT2D eigenvalue weighted by molar-refractivity contribution is 5.75. The molecule has 0 fully saturated rings. The molecule has 0 spiro atoms. The molecule has 0 aliphatic carbocycles. The largest absolute Gasteiger partial charge is 0.466 e. The number of nitrogens with one attached hydrogen (secondary N) is 1. The minimum Gasteiger partial charge on any atom is -0.466 e. The molecular formula is C18H30F3NO4. The number of halogens is 3. The molecule has 0 unspecified atom stereocenters. The highest BCUT2D eigenvalue weighted by Crippen LogP contribution is 2.31. The van der Waals surface area contributed by atoms with Gasteiger partial charge in [0, 0.05) is 0 Å². The van der Waals surface area contributed by atoms with Crippen molar-refractivity contribution in [1.29, 1.82) is 0 Å². The number of hydrogen-bond acceptors (Lipinski definition) is 4. The van der Waals surface area contributed by atoms with Crippen LogP contribution < -0.4 is 5.32 Å². The van der Waals surface area contributed by atoms with Gasteiger partial charge < -0.3 is 14.8 Å². The van der Waals surface area contributed by atoms with E-state index in [2.05, 4.69) is 5.32 Å². The van der Waals surface area contributed by atoms with E-state index in [1.54, 1.807) is 41.5 Å². The van der Waals surface area contributed by atoms with E-state index in [9.17, 15) is 22.8 Å². The van der Waals surface area contributed by atoms with Crippen LogP contribution in [0.15, 0.2) is 11.6 Å². The molecule has 0 saturated carbocycles. The van der Waals surface area contributed by atoms with Crippen LogP contribution in [0.5, 0.6) is 0 Å². The Morgan fingerprint density at radius 3 is 2.04 bits per heavy atom. The van der Waals surface area contributed by atoms with E-state index in [1.807, 2.05) is 0 Å². The lowest BCUT2D eigenvalue weighted by Crippen LogP contribution is -2.41. The Kier molecular flexibility index (Phi) is 9.17. The SMILES string of the molecule is CCOC(=O)[C@H](/C=C(/[C@H](C)NC(=O)OC(C)(C)C)C(F)(F)F)CC(C)C. The van der Waals surface area contributed by atoms with Gasteiger partial charge in [0.2, 0.25) is 0 Å². The molecule has 0 aliphatic rings. The highest BCUT2D eigenvalue weighted by Gasteiger charge is 2.39. The van der Waals surface area contributed by atoms with Crippen LogP contribution in [0, 0.1) is 11.8 Å². The van der Waals surface area contributed by atoms with Crippen molar-refractivity contribution >= 4 is 12.1 Å². The van der Waals surface area contributed by atoms with Gasteiger partial charge in [-0.3, -0.25) is 4.79 Å². The maximum absolute atomic E-state index is 13.5. The van der Waals surface area contributed by atoms with Crippen LogP contribution in [-0.4, -0.2) is 36.5 Å². The number of esters is 1. The van der Waals surface area contributed by atoms with E-state index in [0.717, 1.165) is 6.08 Å². The summed E-state index contributed by atoms with van der Waals surface area (Å²) in [4.78, 5) is 23.8. The Morgan fingerprint density at radius 1 is 1.12 bits per heavy atom. The number of alkyl halides is 3. The summed E-state index contributed by atoms with van der Waals surface area (Å²) in [6.07, 6.45) is -4.62. The smallest absolute Gasteiger partial charge is 0.414 e. The second-order valence-corrected chi connectivity index (χ2v) is 7.48. The van der Waals surface area contributed by atoms with E-state index >= 15 is 0 Å². The van der Waals surface area contributed by atoms with Crippen LogP contribution in [-0.2, 0) is 14.3 Å². The molecular weight excluding hydrogens is 351 g/mol. The summed E-state index contributed by atoms with van der Waals surface area (Å²) in [7, 11) is 0. The molecule has 0 aromatic rings. The molecule has 1 amide bonds. The number of carbonyl (C=O) groups excluding carboxylic acids is 2. The quantitative estimate of drug-likeness (QED) is 0.516. The molecule has 0 aromatic heterocycles. The maximum atomic E-state index is 13.5. The van der Waals surface area contributed by atoms with Crippen molar-refractivity contribution < 1.29 is 32.2 Å². The molecule has 0 aromatic carbocycles. The van der Waals surface area contributed by atoms with Crippen LogP contribution in [0.1, 0.15) is 54.9 Å². The summed E-state index contributed by atoms with van der Waals surface area (Å²) in [6, 6.07) is -1.38. The zero-order valence-electron chi connectivity index (χ0n) is 16.5. The van der Waals surface area contributed by atoms with Crippen molar-refractivity contribution in [3.8, 4) is 0 Å².